The average Bonchev–Trinajstić information content (AvgIpc) is 3.33. The van der Waals surface area contributed by atoms with Crippen molar-refractivity contribution >= 4 is 16.8 Å². The number of aromatic nitrogens is 4. The number of ether oxygens (including phenoxy) is 1. The van der Waals surface area contributed by atoms with E-state index in [2.05, 4.69) is 16.3 Å². The Balaban J connectivity index is 1.17. The van der Waals surface area contributed by atoms with Gasteiger partial charge in [0, 0.05) is 35.9 Å². The van der Waals surface area contributed by atoms with Crippen LogP contribution in [0.1, 0.15) is 50.0 Å². The van der Waals surface area contributed by atoms with Crippen LogP contribution in [0.25, 0.3) is 22.3 Å². The summed E-state index contributed by atoms with van der Waals surface area (Å²) in [6, 6.07) is 6.44. The maximum Gasteiger partial charge on any atom is 0.230 e. The molecule has 0 N–H and O–H groups in total. The van der Waals surface area contributed by atoms with Crippen LogP contribution >= 0.6 is 0 Å². The number of hydrogen-bond acceptors (Lipinski definition) is 6. The molecule has 0 radical (unpaired) electrons. The van der Waals surface area contributed by atoms with E-state index in [9.17, 15) is 4.79 Å². The summed E-state index contributed by atoms with van der Waals surface area (Å²) in [6.07, 6.45) is 6.96. The van der Waals surface area contributed by atoms with Crippen LogP contribution in [0.15, 0.2) is 28.9 Å². The van der Waals surface area contributed by atoms with Gasteiger partial charge in [-0.15, -0.1) is 0 Å². The van der Waals surface area contributed by atoms with E-state index >= 15 is 0 Å². The Morgan fingerprint density at radius 1 is 1.10 bits per heavy atom. The first kappa shape index (κ1) is 18.1. The highest BCUT2D eigenvalue weighted by atomic mass is 16.5. The van der Waals surface area contributed by atoms with E-state index in [1.54, 1.807) is 0 Å². The van der Waals surface area contributed by atoms with Crippen molar-refractivity contribution < 1.29 is 14.1 Å². The van der Waals surface area contributed by atoms with Gasteiger partial charge in [0.05, 0.1) is 31.0 Å². The molecule has 2 aromatic heterocycles. The molecule has 30 heavy (non-hydrogen) atoms. The molecule has 1 aromatic carbocycles. The number of benzene rings is 1. The standard InChI is InChI=1S/C22H25N5O3/c28-22(15-2-1-3-15)26-8-6-14(7-9-26)21-24-20(25-30-21)16-4-5-17-11-23-27(19(17)10-16)18-12-29-13-18/h4-5,10-11,14-15,18H,1-3,6-9,12-13H2. The first-order chi connectivity index (χ1) is 14.8. The molecule has 2 saturated heterocycles. The van der Waals surface area contributed by atoms with Crippen LogP contribution < -0.4 is 0 Å². The minimum absolute atomic E-state index is 0.220. The predicted octanol–water partition coefficient (Wildman–Crippen LogP) is 3.16. The van der Waals surface area contributed by atoms with Crippen LogP contribution in [-0.2, 0) is 9.53 Å². The second kappa shape index (κ2) is 7.19. The number of nitrogens with zero attached hydrogens (tertiary/aromatic N) is 5. The molecule has 3 fully saturated rings. The SMILES string of the molecule is O=C(C1CCC1)N1CCC(c2nc(-c3ccc4cnn(C5COC5)c4c3)no2)CC1. The zero-order valence-corrected chi connectivity index (χ0v) is 16.9. The Bertz CT molecular complexity index is 1070. The van der Waals surface area contributed by atoms with Crippen molar-refractivity contribution in [2.75, 3.05) is 26.3 Å². The van der Waals surface area contributed by atoms with Gasteiger partial charge in [0.1, 0.15) is 0 Å². The summed E-state index contributed by atoms with van der Waals surface area (Å²) in [5.74, 6) is 2.12. The lowest BCUT2D eigenvalue weighted by molar-refractivity contribution is -0.139. The fourth-order valence-corrected chi connectivity index (χ4v) is 4.61. The van der Waals surface area contributed by atoms with E-state index in [4.69, 9.17) is 14.2 Å². The Kier molecular flexibility index (Phi) is 4.33. The zero-order chi connectivity index (χ0) is 20.1. The molecule has 4 heterocycles. The monoisotopic (exact) mass is 407 g/mol. The maximum absolute atomic E-state index is 12.5. The van der Waals surface area contributed by atoms with Gasteiger partial charge in [0.15, 0.2) is 0 Å². The molecule has 0 unspecified atom stereocenters. The highest BCUT2D eigenvalue weighted by molar-refractivity contribution is 5.83. The molecule has 156 valence electrons. The minimum atomic E-state index is 0.220. The molecule has 8 nitrogen and oxygen atoms in total. The largest absolute Gasteiger partial charge is 0.377 e. The number of amides is 1. The third-order valence-corrected chi connectivity index (χ3v) is 6.88. The topological polar surface area (TPSA) is 86.3 Å². The van der Waals surface area contributed by atoms with Crippen molar-refractivity contribution in [2.45, 2.75) is 44.1 Å². The lowest BCUT2D eigenvalue weighted by atomic mass is 9.83. The van der Waals surface area contributed by atoms with Crippen LogP contribution in [0.4, 0.5) is 0 Å². The molecule has 0 bridgehead atoms. The van der Waals surface area contributed by atoms with Gasteiger partial charge in [-0.05, 0) is 31.7 Å². The number of hydrogen-bond donors (Lipinski definition) is 0. The first-order valence-corrected chi connectivity index (χ1v) is 10.9. The number of fused-ring (bicyclic) bond motifs is 1. The summed E-state index contributed by atoms with van der Waals surface area (Å²) in [5, 5.41) is 9.86. The lowest BCUT2D eigenvalue weighted by Crippen LogP contribution is -2.43. The molecule has 1 saturated carbocycles. The number of carbonyl (C=O) groups is 1. The van der Waals surface area contributed by atoms with E-state index in [1.165, 1.54) is 6.42 Å². The third-order valence-electron chi connectivity index (χ3n) is 6.88. The Labute approximate surface area is 174 Å². The lowest BCUT2D eigenvalue weighted by Gasteiger charge is -2.35. The maximum atomic E-state index is 12.5. The molecule has 8 heteroatoms. The van der Waals surface area contributed by atoms with Crippen LogP contribution in [0.2, 0.25) is 0 Å². The molecule has 1 amide bonds. The molecule has 3 aromatic rings. The first-order valence-electron chi connectivity index (χ1n) is 10.9. The van der Waals surface area contributed by atoms with Crippen LogP contribution in [-0.4, -0.2) is 57.0 Å². The number of piperidine rings is 1. The highest BCUT2D eigenvalue weighted by Crippen LogP contribution is 2.33. The van der Waals surface area contributed by atoms with E-state index in [-0.39, 0.29) is 11.8 Å². The van der Waals surface area contributed by atoms with Crippen LogP contribution in [0.3, 0.4) is 0 Å². The molecule has 3 aliphatic rings. The van der Waals surface area contributed by atoms with E-state index in [0.717, 1.165) is 55.2 Å². The summed E-state index contributed by atoms with van der Waals surface area (Å²) < 4.78 is 13.0. The number of carbonyl (C=O) groups excluding carboxylic acids is 1. The summed E-state index contributed by atoms with van der Waals surface area (Å²) in [7, 11) is 0. The number of rotatable bonds is 4. The second-order valence-corrected chi connectivity index (χ2v) is 8.74. The molecule has 6 rings (SSSR count). The van der Waals surface area contributed by atoms with Gasteiger partial charge in [0.25, 0.3) is 0 Å². The predicted molar refractivity (Wildman–Crippen MR) is 109 cm³/mol. The van der Waals surface area contributed by atoms with Crippen molar-refractivity contribution in [1.82, 2.24) is 24.8 Å². The summed E-state index contributed by atoms with van der Waals surface area (Å²) >= 11 is 0. The van der Waals surface area contributed by atoms with Crippen molar-refractivity contribution in [3.63, 3.8) is 0 Å². The fraction of sp³-hybridized carbons (Fsp3) is 0.545. The van der Waals surface area contributed by atoms with Gasteiger partial charge in [0.2, 0.25) is 17.6 Å². The Hall–Kier alpha value is -2.74. The smallest absolute Gasteiger partial charge is 0.230 e. The van der Waals surface area contributed by atoms with Crippen molar-refractivity contribution in [3.05, 3.63) is 30.3 Å². The number of likely N-dealkylation sites (tertiary alicyclic amines) is 1. The van der Waals surface area contributed by atoms with Gasteiger partial charge < -0.3 is 14.2 Å². The zero-order valence-electron chi connectivity index (χ0n) is 16.9. The highest BCUT2D eigenvalue weighted by Gasteiger charge is 2.33. The van der Waals surface area contributed by atoms with E-state index < -0.39 is 0 Å². The molecule has 0 atom stereocenters. The third kappa shape index (κ3) is 3.01. The summed E-state index contributed by atoms with van der Waals surface area (Å²) in [6.45, 7) is 2.98. The van der Waals surface area contributed by atoms with Crippen molar-refractivity contribution in [3.8, 4) is 11.4 Å². The van der Waals surface area contributed by atoms with Crippen LogP contribution in [0, 0.1) is 5.92 Å². The van der Waals surface area contributed by atoms with E-state index in [1.807, 2.05) is 27.9 Å². The van der Waals surface area contributed by atoms with Gasteiger partial charge in [-0.2, -0.15) is 10.1 Å². The summed E-state index contributed by atoms with van der Waals surface area (Å²) in [5.41, 5.74) is 1.99. The Morgan fingerprint density at radius 3 is 2.63 bits per heavy atom. The fourth-order valence-electron chi connectivity index (χ4n) is 4.61. The molecule has 1 aliphatic carbocycles. The quantitative estimate of drug-likeness (QED) is 0.660. The van der Waals surface area contributed by atoms with Gasteiger partial charge >= 0.3 is 0 Å². The van der Waals surface area contributed by atoms with Gasteiger partial charge in [-0.1, -0.05) is 23.7 Å². The minimum Gasteiger partial charge on any atom is -0.377 e. The van der Waals surface area contributed by atoms with Gasteiger partial charge in [-0.3, -0.25) is 9.48 Å². The Morgan fingerprint density at radius 2 is 1.93 bits per heavy atom. The van der Waals surface area contributed by atoms with Crippen LogP contribution in [0.5, 0.6) is 0 Å². The second-order valence-electron chi connectivity index (χ2n) is 8.74. The molecule has 2 aliphatic heterocycles. The summed E-state index contributed by atoms with van der Waals surface area (Å²) in [4.78, 5) is 19.2. The van der Waals surface area contributed by atoms with Gasteiger partial charge in [-0.25, -0.2) is 0 Å². The van der Waals surface area contributed by atoms with E-state index in [0.29, 0.717) is 36.9 Å². The molecular formula is C22H25N5O3. The average molecular weight is 407 g/mol. The van der Waals surface area contributed by atoms with Crippen molar-refractivity contribution in [2.24, 2.45) is 5.92 Å². The normalized spacial score (nSPS) is 21.0. The van der Waals surface area contributed by atoms with Crippen molar-refractivity contribution in [1.29, 1.82) is 0 Å². The molecular weight excluding hydrogens is 382 g/mol. The molecule has 0 spiro atoms.